The molecule has 0 unspecified atom stereocenters. The monoisotopic (exact) mass is 487 g/mol. The third-order valence-electron chi connectivity index (χ3n) is 4.44. The predicted octanol–water partition coefficient (Wildman–Crippen LogP) is 3.87. The standard InChI is InChI=1S/C21H18BrN3O4S/c1-29-18-8-12(2-7-17(18)26)15-9-19(27)25-21(16(15)10-23)30-11-20(28)24-14-5-3-13(22)4-6-14/h2-8,15,26H,9,11H2,1H3,(H,24,28)(H,25,27)/t15-/m0/s1. The van der Waals surface area contributed by atoms with E-state index in [9.17, 15) is 20.0 Å². The van der Waals surface area contributed by atoms with E-state index in [4.69, 9.17) is 4.74 Å². The van der Waals surface area contributed by atoms with Gasteiger partial charge < -0.3 is 20.5 Å². The van der Waals surface area contributed by atoms with Crippen LogP contribution in [0, 0.1) is 11.3 Å². The fourth-order valence-electron chi connectivity index (χ4n) is 3.00. The molecule has 0 radical (unpaired) electrons. The van der Waals surface area contributed by atoms with Crippen LogP contribution in [0.2, 0.25) is 0 Å². The van der Waals surface area contributed by atoms with Gasteiger partial charge in [-0.15, -0.1) is 0 Å². The molecular formula is C21H18BrN3O4S. The van der Waals surface area contributed by atoms with Gasteiger partial charge in [0.05, 0.1) is 29.5 Å². The van der Waals surface area contributed by atoms with Crippen LogP contribution >= 0.6 is 27.7 Å². The molecular weight excluding hydrogens is 470 g/mol. The van der Waals surface area contributed by atoms with Crippen LogP contribution in [-0.2, 0) is 9.59 Å². The molecule has 1 aliphatic rings. The Kier molecular flexibility index (Phi) is 7.03. The Morgan fingerprint density at radius 3 is 2.77 bits per heavy atom. The smallest absolute Gasteiger partial charge is 0.234 e. The summed E-state index contributed by atoms with van der Waals surface area (Å²) in [6.07, 6.45) is 0.0893. The highest BCUT2D eigenvalue weighted by atomic mass is 79.9. The van der Waals surface area contributed by atoms with Gasteiger partial charge in [0.15, 0.2) is 11.5 Å². The molecule has 154 valence electrons. The number of amides is 2. The first-order valence-corrected chi connectivity index (χ1v) is 10.7. The zero-order valence-corrected chi connectivity index (χ0v) is 18.3. The summed E-state index contributed by atoms with van der Waals surface area (Å²) in [5.41, 5.74) is 1.69. The number of aromatic hydroxyl groups is 1. The topological polar surface area (TPSA) is 111 Å². The SMILES string of the molecule is COc1cc([C@@H]2CC(=O)NC(SCC(=O)Nc3ccc(Br)cc3)=C2C#N)ccc1O. The van der Waals surface area contributed by atoms with E-state index in [0.717, 1.165) is 16.2 Å². The number of carbonyl (C=O) groups excluding carboxylic acids is 2. The Morgan fingerprint density at radius 2 is 2.10 bits per heavy atom. The maximum absolute atomic E-state index is 12.3. The number of halogens is 1. The van der Waals surface area contributed by atoms with E-state index in [1.165, 1.54) is 13.2 Å². The number of methoxy groups -OCH3 is 1. The van der Waals surface area contributed by atoms with Gasteiger partial charge in [-0.2, -0.15) is 5.26 Å². The van der Waals surface area contributed by atoms with Crippen molar-refractivity contribution in [2.45, 2.75) is 12.3 Å². The normalized spacial score (nSPS) is 15.9. The Morgan fingerprint density at radius 1 is 1.37 bits per heavy atom. The summed E-state index contributed by atoms with van der Waals surface area (Å²) >= 11 is 4.44. The molecule has 3 rings (SSSR count). The van der Waals surface area contributed by atoms with Crippen molar-refractivity contribution in [3.63, 3.8) is 0 Å². The molecule has 2 aromatic carbocycles. The number of phenolic OH excluding ortho intramolecular Hbond substituents is 1. The Labute approximate surface area is 186 Å². The molecule has 2 aromatic rings. The van der Waals surface area contributed by atoms with Crippen molar-refractivity contribution in [3.05, 3.63) is 63.1 Å². The Bertz CT molecular complexity index is 1050. The number of nitrogens with zero attached hydrogens (tertiary/aromatic N) is 1. The van der Waals surface area contributed by atoms with Crippen molar-refractivity contribution >= 4 is 45.2 Å². The molecule has 7 nitrogen and oxygen atoms in total. The van der Waals surface area contributed by atoms with Gasteiger partial charge in [-0.05, 0) is 42.0 Å². The molecule has 1 aliphatic heterocycles. The van der Waals surface area contributed by atoms with Gasteiger partial charge in [-0.3, -0.25) is 9.59 Å². The average molecular weight is 488 g/mol. The average Bonchev–Trinajstić information content (AvgIpc) is 2.74. The number of nitrogens with one attached hydrogen (secondary N) is 2. The molecule has 0 spiro atoms. The summed E-state index contributed by atoms with van der Waals surface area (Å²) in [5.74, 6) is -0.725. The second-order valence-corrected chi connectivity index (χ2v) is 8.34. The molecule has 0 saturated carbocycles. The molecule has 9 heteroatoms. The van der Waals surface area contributed by atoms with Gasteiger partial charge in [0.2, 0.25) is 11.8 Å². The second-order valence-electron chi connectivity index (χ2n) is 6.43. The van der Waals surface area contributed by atoms with Crippen LogP contribution in [0.15, 0.2) is 57.5 Å². The van der Waals surface area contributed by atoms with Crippen molar-refractivity contribution in [1.82, 2.24) is 5.32 Å². The fourth-order valence-corrected chi connectivity index (χ4v) is 4.14. The van der Waals surface area contributed by atoms with Gasteiger partial charge in [0, 0.05) is 22.5 Å². The fraction of sp³-hybridized carbons (Fsp3) is 0.190. The number of hydrogen-bond acceptors (Lipinski definition) is 6. The van der Waals surface area contributed by atoms with Crippen molar-refractivity contribution in [1.29, 1.82) is 5.26 Å². The van der Waals surface area contributed by atoms with Crippen LogP contribution in [0.1, 0.15) is 17.9 Å². The lowest BCUT2D eigenvalue weighted by atomic mass is 9.87. The van der Waals surface area contributed by atoms with Crippen molar-refractivity contribution in [3.8, 4) is 17.6 Å². The molecule has 1 atom stereocenters. The number of ether oxygens (including phenoxy) is 1. The zero-order chi connectivity index (χ0) is 21.7. The number of thioether (sulfide) groups is 1. The number of anilines is 1. The van der Waals surface area contributed by atoms with Crippen LogP contribution in [0.5, 0.6) is 11.5 Å². The number of rotatable bonds is 6. The van der Waals surface area contributed by atoms with Crippen LogP contribution in [0.4, 0.5) is 5.69 Å². The first-order valence-electron chi connectivity index (χ1n) is 8.90. The first-order chi connectivity index (χ1) is 14.4. The lowest BCUT2D eigenvalue weighted by molar-refractivity contribution is -0.121. The molecule has 0 bridgehead atoms. The van der Waals surface area contributed by atoms with E-state index in [0.29, 0.717) is 21.9 Å². The minimum atomic E-state index is -0.490. The van der Waals surface area contributed by atoms with Gasteiger partial charge in [-0.1, -0.05) is 33.8 Å². The number of nitriles is 1. The summed E-state index contributed by atoms with van der Waals surface area (Å²) in [7, 11) is 1.43. The van der Waals surface area contributed by atoms with Gasteiger partial charge in [0.25, 0.3) is 0 Å². The van der Waals surface area contributed by atoms with E-state index in [1.807, 2.05) is 12.1 Å². The van der Waals surface area contributed by atoms with E-state index in [-0.39, 0.29) is 35.5 Å². The zero-order valence-electron chi connectivity index (χ0n) is 15.9. The molecule has 0 saturated heterocycles. The highest BCUT2D eigenvalue weighted by Crippen LogP contribution is 2.38. The molecule has 0 aromatic heterocycles. The predicted molar refractivity (Wildman–Crippen MR) is 118 cm³/mol. The van der Waals surface area contributed by atoms with E-state index < -0.39 is 5.92 Å². The Hall–Kier alpha value is -2.96. The van der Waals surface area contributed by atoms with Gasteiger partial charge in [0.1, 0.15) is 0 Å². The molecule has 1 heterocycles. The number of allylic oxidation sites excluding steroid dienone is 1. The third kappa shape index (κ3) is 5.14. The molecule has 30 heavy (non-hydrogen) atoms. The summed E-state index contributed by atoms with van der Waals surface area (Å²) in [6.45, 7) is 0. The lowest BCUT2D eigenvalue weighted by Crippen LogP contribution is -2.31. The first kappa shape index (κ1) is 21.7. The second kappa shape index (κ2) is 9.69. The van der Waals surface area contributed by atoms with Crippen LogP contribution < -0.4 is 15.4 Å². The molecule has 0 aliphatic carbocycles. The molecule has 3 N–H and O–H groups in total. The van der Waals surface area contributed by atoms with E-state index in [2.05, 4.69) is 32.6 Å². The highest BCUT2D eigenvalue weighted by Gasteiger charge is 2.30. The largest absolute Gasteiger partial charge is 0.504 e. The van der Waals surface area contributed by atoms with Crippen molar-refractivity contribution < 1.29 is 19.4 Å². The molecule has 0 fully saturated rings. The quantitative estimate of drug-likeness (QED) is 0.569. The maximum Gasteiger partial charge on any atom is 0.234 e. The minimum Gasteiger partial charge on any atom is -0.504 e. The van der Waals surface area contributed by atoms with E-state index in [1.54, 1.807) is 24.3 Å². The number of benzene rings is 2. The van der Waals surface area contributed by atoms with Crippen LogP contribution in [0.3, 0.4) is 0 Å². The minimum absolute atomic E-state index is 0.0248. The van der Waals surface area contributed by atoms with E-state index >= 15 is 0 Å². The Balaban J connectivity index is 1.78. The van der Waals surface area contributed by atoms with Crippen molar-refractivity contribution in [2.24, 2.45) is 0 Å². The summed E-state index contributed by atoms with van der Waals surface area (Å²) in [6, 6.07) is 14.1. The summed E-state index contributed by atoms with van der Waals surface area (Å²) < 4.78 is 6.03. The summed E-state index contributed by atoms with van der Waals surface area (Å²) in [4.78, 5) is 24.5. The lowest BCUT2D eigenvalue weighted by Gasteiger charge is -2.25. The number of phenols is 1. The summed E-state index contributed by atoms with van der Waals surface area (Å²) in [5, 5.41) is 25.4. The van der Waals surface area contributed by atoms with Gasteiger partial charge in [-0.25, -0.2) is 0 Å². The third-order valence-corrected chi connectivity index (χ3v) is 5.98. The van der Waals surface area contributed by atoms with Crippen LogP contribution in [-0.4, -0.2) is 29.8 Å². The van der Waals surface area contributed by atoms with Crippen molar-refractivity contribution in [2.75, 3.05) is 18.2 Å². The number of hydrogen-bond donors (Lipinski definition) is 3. The number of carbonyl (C=O) groups is 2. The highest BCUT2D eigenvalue weighted by molar-refractivity contribution is 9.10. The van der Waals surface area contributed by atoms with Gasteiger partial charge >= 0.3 is 0 Å². The van der Waals surface area contributed by atoms with Crippen LogP contribution in [0.25, 0.3) is 0 Å². The maximum atomic E-state index is 12.3. The molecule has 2 amide bonds.